The average Bonchev–Trinajstić information content (AvgIpc) is 2.38. The van der Waals surface area contributed by atoms with Crippen molar-refractivity contribution in [2.24, 2.45) is 0 Å². The monoisotopic (exact) mass is 258 g/mol. The van der Waals surface area contributed by atoms with E-state index in [-0.39, 0.29) is 5.91 Å². The summed E-state index contributed by atoms with van der Waals surface area (Å²) in [6, 6.07) is 13.5. The highest BCUT2D eigenvalue weighted by Crippen LogP contribution is 2.17. The van der Waals surface area contributed by atoms with Gasteiger partial charge in [0.15, 0.2) is 0 Å². The van der Waals surface area contributed by atoms with Crippen LogP contribution in [0.5, 0.6) is 0 Å². The molecule has 4 heteroatoms. The second-order valence-corrected chi connectivity index (χ2v) is 4.88. The molecule has 92 valence electrons. The highest BCUT2D eigenvalue weighted by atomic mass is 32.2. The van der Waals surface area contributed by atoms with E-state index in [0.29, 0.717) is 5.75 Å². The predicted molar refractivity (Wildman–Crippen MR) is 74.8 cm³/mol. The molecule has 1 heterocycles. The molecule has 0 aliphatic rings. The van der Waals surface area contributed by atoms with Crippen LogP contribution in [0, 0.1) is 6.92 Å². The molecule has 0 saturated carbocycles. The maximum atomic E-state index is 11.7. The first kappa shape index (κ1) is 12.6. The predicted octanol–water partition coefficient (Wildman–Crippen LogP) is 3.12. The SMILES string of the molecule is Cc1cc(NC(=O)CSc2ccccc2)ccn1. The molecule has 0 radical (unpaired) electrons. The van der Waals surface area contributed by atoms with Crippen molar-refractivity contribution in [2.75, 3.05) is 11.1 Å². The molecule has 1 amide bonds. The molecule has 1 N–H and O–H groups in total. The molecule has 0 fully saturated rings. The maximum absolute atomic E-state index is 11.7. The zero-order valence-corrected chi connectivity index (χ0v) is 10.9. The number of thioether (sulfide) groups is 1. The second kappa shape index (κ2) is 6.21. The minimum Gasteiger partial charge on any atom is -0.325 e. The van der Waals surface area contributed by atoms with Gasteiger partial charge in [-0.3, -0.25) is 9.78 Å². The van der Waals surface area contributed by atoms with Crippen molar-refractivity contribution in [2.45, 2.75) is 11.8 Å². The molecule has 0 bridgehead atoms. The summed E-state index contributed by atoms with van der Waals surface area (Å²) >= 11 is 1.52. The first-order valence-corrected chi connectivity index (χ1v) is 6.63. The molecule has 1 aromatic carbocycles. The Hall–Kier alpha value is -1.81. The standard InChI is InChI=1S/C14H14N2OS/c1-11-9-12(7-8-15-11)16-14(17)10-18-13-5-3-2-4-6-13/h2-9H,10H2,1H3,(H,15,16,17). The molecule has 0 spiro atoms. The van der Waals surface area contributed by atoms with Crippen LogP contribution in [0.15, 0.2) is 53.6 Å². The zero-order valence-electron chi connectivity index (χ0n) is 10.1. The summed E-state index contributed by atoms with van der Waals surface area (Å²) in [7, 11) is 0. The third kappa shape index (κ3) is 3.89. The lowest BCUT2D eigenvalue weighted by molar-refractivity contribution is -0.113. The van der Waals surface area contributed by atoms with Crippen LogP contribution in [0.25, 0.3) is 0 Å². The Morgan fingerprint density at radius 3 is 2.78 bits per heavy atom. The lowest BCUT2D eigenvalue weighted by Crippen LogP contribution is -2.14. The number of anilines is 1. The summed E-state index contributed by atoms with van der Waals surface area (Å²) < 4.78 is 0. The molecule has 1 aromatic heterocycles. The van der Waals surface area contributed by atoms with Gasteiger partial charge in [0.1, 0.15) is 0 Å². The van der Waals surface area contributed by atoms with Crippen molar-refractivity contribution in [1.29, 1.82) is 0 Å². The van der Waals surface area contributed by atoms with Gasteiger partial charge in [-0.2, -0.15) is 0 Å². The van der Waals surface area contributed by atoms with Crippen molar-refractivity contribution in [3.8, 4) is 0 Å². The Balaban J connectivity index is 1.86. The van der Waals surface area contributed by atoms with E-state index in [0.717, 1.165) is 16.3 Å². The molecule has 0 unspecified atom stereocenters. The van der Waals surface area contributed by atoms with Crippen LogP contribution in [-0.2, 0) is 4.79 Å². The van der Waals surface area contributed by atoms with Crippen LogP contribution >= 0.6 is 11.8 Å². The number of hydrogen-bond acceptors (Lipinski definition) is 3. The number of aryl methyl sites for hydroxylation is 1. The number of rotatable bonds is 4. The quantitative estimate of drug-likeness (QED) is 0.857. The summed E-state index contributed by atoms with van der Waals surface area (Å²) in [5.41, 5.74) is 1.68. The van der Waals surface area contributed by atoms with Crippen LogP contribution in [0.2, 0.25) is 0 Å². The fraction of sp³-hybridized carbons (Fsp3) is 0.143. The first-order valence-electron chi connectivity index (χ1n) is 5.64. The van der Waals surface area contributed by atoms with Gasteiger partial charge >= 0.3 is 0 Å². The van der Waals surface area contributed by atoms with E-state index in [9.17, 15) is 4.79 Å². The lowest BCUT2D eigenvalue weighted by atomic mass is 10.3. The molecule has 0 aliphatic carbocycles. The fourth-order valence-corrected chi connectivity index (χ4v) is 2.21. The summed E-state index contributed by atoms with van der Waals surface area (Å²) in [4.78, 5) is 16.9. The third-order valence-electron chi connectivity index (χ3n) is 2.29. The van der Waals surface area contributed by atoms with Gasteiger partial charge in [0, 0.05) is 22.5 Å². The minimum absolute atomic E-state index is 0.00514. The number of nitrogens with zero attached hydrogens (tertiary/aromatic N) is 1. The second-order valence-electron chi connectivity index (χ2n) is 3.84. The van der Waals surface area contributed by atoms with E-state index >= 15 is 0 Å². The maximum Gasteiger partial charge on any atom is 0.234 e. The first-order chi connectivity index (χ1) is 8.74. The summed E-state index contributed by atoms with van der Waals surface area (Å²) in [6.07, 6.45) is 1.69. The highest BCUT2D eigenvalue weighted by molar-refractivity contribution is 8.00. The van der Waals surface area contributed by atoms with Gasteiger partial charge in [-0.25, -0.2) is 0 Å². The molecule has 3 nitrogen and oxygen atoms in total. The van der Waals surface area contributed by atoms with Crippen LogP contribution in [0.1, 0.15) is 5.69 Å². The van der Waals surface area contributed by atoms with Crippen LogP contribution in [-0.4, -0.2) is 16.6 Å². The van der Waals surface area contributed by atoms with E-state index < -0.39 is 0 Å². The lowest BCUT2D eigenvalue weighted by Gasteiger charge is -2.05. The molecule has 0 atom stereocenters. The van der Waals surface area contributed by atoms with Crippen LogP contribution < -0.4 is 5.32 Å². The van der Waals surface area contributed by atoms with Crippen molar-refractivity contribution < 1.29 is 4.79 Å². The van der Waals surface area contributed by atoms with Gasteiger partial charge in [-0.1, -0.05) is 18.2 Å². The number of amides is 1. The minimum atomic E-state index is -0.00514. The Morgan fingerprint density at radius 2 is 2.06 bits per heavy atom. The van der Waals surface area contributed by atoms with Gasteiger partial charge in [-0.15, -0.1) is 11.8 Å². The van der Waals surface area contributed by atoms with Gasteiger partial charge in [-0.05, 0) is 31.2 Å². The Kier molecular flexibility index (Phi) is 4.36. The fourth-order valence-electron chi connectivity index (χ4n) is 1.49. The summed E-state index contributed by atoms with van der Waals surface area (Å²) in [6.45, 7) is 1.90. The van der Waals surface area contributed by atoms with Gasteiger partial charge in [0.25, 0.3) is 0 Å². The molecular formula is C14H14N2OS. The third-order valence-corrected chi connectivity index (χ3v) is 3.31. The smallest absolute Gasteiger partial charge is 0.234 e. The van der Waals surface area contributed by atoms with E-state index in [1.807, 2.05) is 43.3 Å². The summed E-state index contributed by atoms with van der Waals surface area (Å²) in [5, 5.41) is 2.85. The molecule has 0 aliphatic heterocycles. The van der Waals surface area contributed by atoms with Crippen LogP contribution in [0.3, 0.4) is 0 Å². The van der Waals surface area contributed by atoms with Crippen molar-refractivity contribution >= 4 is 23.4 Å². The van der Waals surface area contributed by atoms with Crippen LogP contribution in [0.4, 0.5) is 5.69 Å². The molecular weight excluding hydrogens is 244 g/mol. The van der Waals surface area contributed by atoms with Gasteiger partial charge < -0.3 is 5.32 Å². The van der Waals surface area contributed by atoms with Gasteiger partial charge in [0.05, 0.1) is 5.75 Å². The highest BCUT2D eigenvalue weighted by Gasteiger charge is 2.03. The van der Waals surface area contributed by atoms with Crippen molar-refractivity contribution in [3.05, 3.63) is 54.4 Å². The van der Waals surface area contributed by atoms with Crippen molar-refractivity contribution in [3.63, 3.8) is 0 Å². The molecule has 0 saturated heterocycles. The van der Waals surface area contributed by atoms with Gasteiger partial charge in [0.2, 0.25) is 5.91 Å². The number of carbonyl (C=O) groups is 1. The Bertz CT molecular complexity index is 528. The van der Waals surface area contributed by atoms with E-state index in [4.69, 9.17) is 0 Å². The number of aromatic nitrogens is 1. The molecule has 18 heavy (non-hydrogen) atoms. The van der Waals surface area contributed by atoms with E-state index in [1.165, 1.54) is 11.8 Å². The molecule has 2 rings (SSSR count). The van der Waals surface area contributed by atoms with Crippen molar-refractivity contribution in [1.82, 2.24) is 4.98 Å². The number of pyridine rings is 1. The molecule has 2 aromatic rings. The summed E-state index contributed by atoms with van der Waals surface area (Å²) in [5.74, 6) is 0.403. The normalized spacial score (nSPS) is 10.1. The largest absolute Gasteiger partial charge is 0.325 e. The zero-order chi connectivity index (χ0) is 12.8. The van der Waals surface area contributed by atoms with E-state index in [2.05, 4.69) is 10.3 Å². The van der Waals surface area contributed by atoms with E-state index in [1.54, 1.807) is 12.3 Å². The Morgan fingerprint density at radius 1 is 1.28 bits per heavy atom. The average molecular weight is 258 g/mol. The topological polar surface area (TPSA) is 42.0 Å². The number of nitrogens with one attached hydrogen (secondary N) is 1. The Labute approximate surface area is 111 Å². The number of carbonyl (C=O) groups excluding carboxylic acids is 1. The number of hydrogen-bond donors (Lipinski definition) is 1. The number of benzene rings is 1.